The lowest BCUT2D eigenvalue weighted by molar-refractivity contribution is 0.289. The third-order valence-electron chi connectivity index (χ3n) is 6.91. The van der Waals surface area contributed by atoms with Crippen LogP contribution in [0.5, 0.6) is 11.5 Å². The van der Waals surface area contributed by atoms with Crippen LogP contribution in [-0.4, -0.2) is 69.0 Å². The van der Waals surface area contributed by atoms with Crippen LogP contribution in [0.1, 0.15) is 11.3 Å². The zero-order chi connectivity index (χ0) is 31.5. The number of ether oxygens (including phenoxy) is 2. The summed E-state index contributed by atoms with van der Waals surface area (Å²) in [6.07, 6.45) is -0.0699. The van der Waals surface area contributed by atoms with Crippen LogP contribution < -0.4 is 13.8 Å². The average molecular weight is 696 g/mol. The van der Waals surface area contributed by atoms with Crippen LogP contribution in [0.4, 0.5) is 10.3 Å². The van der Waals surface area contributed by atoms with Crippen LogP contribution in [-0.2, 0) is 16.4 Å². The Bertz CT molecular complexity index is 1670. The van der Waals surface area contributed by atoms with Crippen molar-refractivity contribution in [1.29, 1.82) is 0 Å². The normalized spacial score (nSPS) is 12.8. The van der Waals surface area contributed by atoms with Crippen molar-refractivity contribution in [2.75, 3.05) is 31.7 Å². The zero-order valence-electron chi connectivity index (χ0n) is 25.0. The van der Waals surface area contributed by atoms with Gasteiger partial charge in [0.2, 0.25) is 21.8 Å². The molecule has 0 saturated carbocycles. The molecule has 0 aliphatic heterocycles. The fourth-order valence-electron chi connectivity index (χ4n) is 4.56. The zero-order valence-corrected chi connectivity index (χ0v) is 28.4. The Kier molecular flexibility index (Phi) is 10.0. The Balaban J connectivity index is 1.97. The second-order valence-electron chi connectivity index (χ2n) is 11.3. The molecular formula is C29H36BrFN4O6SSi. The molecule has 0 amide bonds. The number of benzene rings is 2. The van der Waals surface area contributed by atoms with E-state index in [4.69, 9.17) is 13.9 Å². The molecule has 4 aromatic rings. The maximum Gasteiger partial charge on any atom is 0.246 e. The molecule has 4 rings (SSSR count). The average Bonchev–Trinajstić information content (AvgIpc) is 3.57. The summed E-state index contributed by atoms with van der Waals surface area (Å²) in [6.45, 7) is 7.63. The Labute approximate surface area is 260 Å². The monoisotopic (exact) mass is 694 g/mol. The number of nitrogens with zero attached hydrogens (tertiary/aromatic N) is 4. The van der Waals surface area contributed by atoms with Crippen LogP contribution in [0.2, 0.25) is 25.7 Å². The van der Waals surface area contributed by atoms with Crippen molar-refractivity contribution < 1.29 is 31.8 Å². The topological polar surface area (TPSA) is 120 Å². The van der Waals surface area contributed by atoms with Crippen LogP contribution in [0.15, 0.2) is 57.4 Å². The lowest BCUT2D eigenvalue weighted by atomic mass is 10.1. The van der Waals surface area contributed by atoms with E-state index in [0.29, 0.717) is 44.8 Å². The van der Waals surface area contributed by atoms with Gasteiger partial charge in [0.15, 0.2) is 5.76 Å². The molecule has 0 saturated heterocycles. The first-order chi connectivity index (χ1) is 20.3. The number of aliphatic hydroxyl groups is 1. The van der Waals surface area contributed by atoms with Gasteiger partial charge in [-0.2, -0.15) is 0 Å². The molecule has 0 fully saturated rings. The lowest BCUT2D eigenvalue weighted by Crippen LogP contribution is -2.45. The number of aliphatic hydroxyl groups excluding tert-OH is 1. The van der Waals surface area contributed by atoms with Crippen molar-refractivity contribution in [3.63, 3.8) is 0 Å². The molecule has 0 unspecified atom stereocenters. The molecule has 0 radical (unpaired) electrons. The van der Waals surface area contributed by atoms with Gasteiger partial charge in [-0.1, -0.05) is 47.7 Å². The van der Waals surface area contributed by atoms with Gasteiger partial charge in [0.1, 0.15) is 34.0 Å². The van der Waals surface area contributed by atoms with Gasteiger partial charge in [0.25, 0.3) is 0 Å². The minimum Gasteiger partial charge on any atom is -0.494 e. The molecule has 0 aliphatic rings. The SMILES string of the molecule is COc1cccc(OC)c1-n1c(-c2ccc(C)o2)nnc1N(CC[Si](C)(C)C)S(=O)(=O)[C@H](CO)Cc1ccc(F)cc1Br. The smallest absolute Gasteiger partial charge is 0.246 e. The Morgan fingerprint density at radius 2 is 1.77 bits per heavy atom. The minimum atomic E-state index is -4.29. The highest BCUT2D eigenvalue weighted by Crippen LogP contribution is 2.40. The number of hydrogen-bond donors (Lipinski definition) is 1. The summed E-state index contributed by atoms with van der Waals surface area (Å²) in [4.78, 5) is 0. The van der Waals surface area contributed by atoms with Crippen molar-refractivity contribution >= 4 is 40.0 Å². The minimum absolute atomic E-state index is 0.0123. The molecule has 2 aromatic heterocycles. The van der Waals surface area contributed by atoms with E-state index in [9.17, 15) is 17.9 Å². The highest BCUT2D eigenvalue weighted by atomic mass is 79.9. The van der Waals surface area contributed by atoms with E-state index in [0.717, 1.165) is 0 Å². The number of aromatic nitrogens is 3. The largest absolute Gasteiger partial charge is 0.494 e. The summed E-state index contributed by atoms with van der Waals surface area (Å²) in [7, 11) is -3.08. The maximum absolute atomic E-state index is 14.5. The molecule has 2 aromatic carbocycles. The summed E-state index contributed by atoms with van der Waals surface area (Å²) in [6, 6.07) is 13.3. The van der Waals surface area contributed by atoms with Gasteiger partial charge in [-0.3, -0.25) is 4.57 Å². The van der Waals surface area contributed by atoms with Crippen molar-refractivity contribution in [3.8, 4) is 28.8 Å². The number of para-hydroxylation sites is 1. The fraction of sp³-hybridized carbons (Fsp3) is 0.379. The number of furan rings is 1. The molecule has 2 heterocycles. The van der Waals surface area contributed by atoms with Crippen molar-refractivity contribution in [2.24, 2.45) is 0 Å². The van der Waals surface area contributed by atoms with E-state index in [1.54, 1.807) is 41.8 Å². The number of sulfonamides is 1. The number of rotatable bonds is 13. The molecule has 0 bridgehead atoms. The molecule has 10 nitrogen and oxygen atoms in total. The number of halogens is 2. The Morgan fingerprint density at radius 3 is 2.30 bits per heavy atom. The van der Waals surface area contributed by atoms with E-state index in [1.165, 1.54) is 36.7 Å². The number of anilines is 1. The van der Waals surface area contributed by atoms with Gasteiger partial charge in [-0.05, 0) is 61.4 Å². The standard InChI is InChI=1S/C29H36BrFN4O6SSi/c1-19-10-13-26(41-19)28-32-33-29(35(28)27-24(39-2)8-7-9-25(27)40-3)34(14-15-43(4,5)6)42(37,38)22(18-36)16-20-11-12-21(31)17-23(20)30/h7-13,17,22,36H,14-16,18H2,1-6H3/t22-/m0/s1. The first-order valence-corrected chi connectivity index (χ1v) is 19.6. The first kappa shape index (κ1) is 32.7. The third kappa shape index (κ3) is 7.14. The van der Waals surface area contributed by atoms with Gasteiger partial charge in [-0.25, -0.2) is 17.1 Å². The molecule has 232 valence electrons. The van der Waals surface area contributed by atoms with Crippen molar-refractivity contribution in [3.05, 3.63) is 70.1 Å². The van der Waals surface area contributed by atoms with E-state index < -0.39 is 35.8 Å². The van der Waals surface area contributed by atoms with Gasteiger partial charge in [0, 0.05) is 19.1 Å². The number of aryl methyl sites for hydroxylation is 1. The highest BCUT2D eigenvalue weighted by Gasteiger charge is 2.38. The second kappa shape index (κ2) is 13.2. The van der Waals surface area contributed by atoms with Gasteiger partial charge in [-0.15, -0.1) is 10.2 Å². The van der Waals surface area contributed by atoms with Crippen molar-refractivity contribution in [1.82, 2.24) is 14.8 Å². The quantitative estimate of drug-likeness (QED) is 0.174. The summed E-state index contributed by atoms with van der Waals surface area (Å²) < 4.78 is 63.3. The molecule has 0 aliphatic carbocycles. The van der Waals surface area contributed by atoms with Crippen LogP contribution in [0.3, 0.4) is 0 Å². The van der Waals surface area contributed by atoms with E-state index in [2.05, 4.69) is 45.8 Å². The first-order valence-electron chi connectivity index (χ1n) is 13.6. The van der Waals surface area contributed by atoms with Gasteiger partial charge >= 0.3 is 0 Å². The van der Waals surface area contributed by atoms with Gasteiger partial charge < -0.3 is 19.0 Å². The predicted molar refractivity (Wildman–Crippen MR) is 170 cm³/mol. The van der Waals surface area contributed by atoms with E-state index in [1.807, 2.05) is 0 Å². The summed E-state index contributed by atoms with van der Waals surface area (Å²) >= 11 is 3.33. The van der Waals surface area contributed by atoms with Crippen LogP contribution >= 0.6 is 15.9 Å². The summed E-state index contributed by atoms with van der Waals surface area (Å²) in [5.41, 5.74) is 0.917. The molecule has 14 heteroatoms. The molecular weight excluding hydrogens is 659 g/mol. The van der Waals surface area contributed by atoms with E-state index in [-0.39, 0.29) is 24.7 Å². The Morgan fingerprint density at radius 1 is 1.09 bits per heavy atom. The maximum atomic E-state index is 14.5. The van der Waals surface area contributed by atoms with Crippen LogP contribution in [0, 0.1) is 12.7 Å². The Hall–Kier alpha value is -3.20. The van der Waals surface area contributed by atoms with Crippen LogP contribution in [0.25, 0.3) is 17.3 Å². The lowest BCUT2D eigenvalue weighted by Gasteiger charge is -2.30. The predicted octanol–water partition coefficient (Wildman–Crippen LogP) is 5.83. The molecule has 43 heavy (non-hydrogen) atoms. The van der Waals surface area contributed by atoms with E-state index >= 15 is 0 Å². The van der Waals surface area contributed by atoms with Crippen molar-refractivity contribution in [2.45, 2.75) is 44.3 Å². The second-order valence-corrected chi connectivity index (χ2v) is 19.9. The highest BCUT2D eigenvalue weighted by molar-refractivity contribution is 9.10. The van der Waals surface area contributed by atoms with Gasteiger partial charge in [0.05, 0.1) is 20.8 Å². The third-order valence-corrected chi connectivity index (χ3v) is 11.5. The summed E-state index contributed by atoms with van der Waals surface area (Å²) in [5.74, 6) is 1.54. The molecule has 0 spiro atoms. The molecule has 1 atom stereocenters. The fourth-order valence-corrected chi connectivity index (χ4v) is 7.76. The number of methoxy groups -OCH3 is 2. The summed E-state index contributed by atoms with van der Waals surface area (Å²) in [5, 5.41) is 18.0. The molecule has 1 N–H and O–H groups in total. The number of hydrogen-bond acceptors (Lipinski definition) is 8.